The molecule has 6 N–H and O–H groups in total. The van der Waals surface area contributed by atoms with Gasteiger partial charge < -0.3 is 31.3 Å². The Morgan fingerprint density at radius 3 is 1.85 bits per heavy atom. The molecular weight excluding hydrogens is 362 g/mol. The number of hydrogen-bond donors (Lipinski definition) is 6. The molecule has 0 saturated carbocycles. The number of carbonyl (C=O) groups excluding carboxylic acids is 2. The van der Waals surface area contributed by atoms with Gasteiger partial charge in [0.05, 0.1) is 0 Å². The van der Waals surface area contributed by atoms with Gasteiger partial charge in [-0.3, -0.25) is 9.59 Å². The van der Waals surface area contributed by atoms with Crippen LogP contribution in [-0.4, -0.2) is 63.8 Å². The maximum Gasteiger partial charge on any atom is 0.326 e. The minimum atomic E-state index is -1.44. The molecule has 11 heteroatoms. The summed E-state index contributed by atoms with van der Waals surface area (Å²) < 4.78 is 0. The first kappa shape index (κ1) is 24.1. The summed E-state index contributed by atoms with van der Waals surface area (Å²) >= 11 is 0. The van der Waals surface area contributed by atoms with Crippen LogP contribution < -0.4 is 16.0 Å². The number of carboxylic acids is 3. The lowest BCUT2D eigenvalue weighted by molar-refractivity contribution is -0.140. The second-order valence-corrected chi connectivity index (χ2v) is 5.93. The molecule has 0 rings (SSSR count). The Morgan fingerprint density at radius 1 is 0.815 bits per heavy atom. The van der Waals surface area contributed by atoms with Crippen LogP contribution in [0.3, 0.4) is 0 Å². The molecular formula is C16H27N3O8. The number of rotatable bonds is 14. The smallest absolute Gasteiger partial charge is 0.326 e. The Hall–Kier alpha value is -2.85. The normalized spacial score (nSPS) is 12.5. The van der Waals surface area contributed by atoms with E-state index in [4.69, 9.17) is 15.3 Å². The Morgan fingerprint density at radius 2 is 1.37 bits per heavy atom. The van der Waals surface area contributed by atoms with Crippen molar-refractivity contribution in [3.8, 4) is 0 Å². The molecule has 0 spiro atoms. The molecule has 0 aliphatic carbocycles. The first-order valence-corrected chi connectivity index (χ1v) is 8.68. The van der Waals surface area contributed by atoms with Gasteiger partial charge in [-0.2, -0.15) is 0 Å². The molecule has 0 aromatic carbocycles. The standard InChI is InChI=1S/C16H27N3O8/c1-2-5-12(20)17-9-4-3-6-10(14(23)24)18-16(27)19-11(15(25)26)7-8-13(21)22/h10-11H,2-9H2,1H3,(H,17,20)(H,21,22)(H,23,24)(H,25,26)(H2,18,19,27). The number of hydrogen-bond acceptors (Lipinski definition) is 5. The summed E-state index contributed by atoms with van der Waals surface area (Å²) in [4.78, 5) is 55.9. The first-order valence-electron chi connectivity index (χ1n) is 8.68. The average molecular weight is 389 g/mol. The molecule has 0 saturated heterocycles. The molecule has 0 aromatic rings. The van der Waals surface area contributed by atoms with E-state index in [0.29, 0.717) is 25.8 Å². The number of nitrogens with one attached hydrogen (secondary N) is 3. The average Bonchev–Trinajstić information content (AvgIpc) is 2.56. The largest absolute Gasteiger partial charge is 0.481 e. The van der Waals surface area contributed by atoms with Gasteiger partial charge in [-0.1, -0.05) is 6.92 Å². The van der Waals surface area contributed by atoms with Crippen molar-refractivity contribution in [3.63, 3.8) is 0 Å². The van der Waals surface area contributed by atoms with Crippen LogP contribution in [0.5, 0.6) is 0 Å². The van der Waals surface area contributed by atoms with E-state index in [1.807, 2.05) is 6.92 Å². The fraction of sp³-hybridized carbons (Fsp3) is 0.688. The van der Waals surface area contributed by atoms with Crippen molar-refractivity contribution in [2.45, 2.75) is 64.0 Å². The van der Waals surface area contributed by atoms with Crippen molar-refractivity contribution in [2.75, 3.05) is 6.54 Å². The molecule has 0 bridgehead atoms. The maximum atomic E-state index is 11.8. The van der Waals surface area contributed by atoms with Gasteiger partial charge in [0.25, 0.3) is 0 Å². The molecule has 3 amide bonds. The molecule has 0 aromatic heterocycles. The van der Waals surface area contributed by atoms with Crippen LogP contribution in [0.25, 0.3) is 0 Å². The molecule has 0 radical (unpaired) electrons. The van der Waals surface area contributed by atoms with Crippen LogP contribution in [-0.2, 0) is 19.2 Å². The summed E-state index contributed by atoms with van der Waals surface area (Å²) in [5.41, 5.74) is 0. The van der Waals surface area contributed by atoms with Crippen LogP contribution >= 0.6 is 0 Å². The predicted molar refractivity (Wildman–Crippen MR) is 93.2 cm³/mol. The SMILES string of the molecule is CCCC(=O)NCCCCC(NC(=O)NC(CCC(=O)O)C(=O)O)C(=O)O. The fourth-order valence-corrected chi connectivity index (χ4v) is 2.16. The van der Waals surface area contributed by atoms with Gasteiger partial charge >= 0.3 is 23.9 Å². The Bertz CT molecular complexity index is 538. The van der Waals surface area contributed by atoms with E-state index in [0.717, 1.165) is 6.42 Å². The highest BCUT2D eigenvalue weighted by Gasteiger charge is 2.24. The molecule has 2 unspecified atom stereocenters. The zero-order chi connectivity index (χ0) is 20.8. The third-order valence-corrected chi connectivity index (χ3v) is 3.57. The van der Waals surface area contributed by atoms with E-state index < -0.39 is 42.4 Å². The van der Waals surface area contributed by atoms with Crippen molar-refractivity contribution in [2.24, 2.45) is 0 Å². The van der Waals surface area contributed by atoms with E-state index in [2.05, 4.69) is 16.0 Å². The Balaban J connectivity index is 4.36. The molecule has 2 atom stereocenters. The Labute approximate surface area is 156 Å². The quantitative estimate of drug-likeness (QED) is 0.227. The minimum Gasteiger partial charge on any atom is -0.481 e. The second kappa shape index (κ2) is 13.4. The lowest BCUT2D eigenvalue weighted by Crippen LogP contribution is -2.51. The van der Waals surface area contributed by atoms with Crippen LogP contribution in [0.2, 0.25) is 0 Å². The summed E-state index contributed by atoms with van der Waals surface area (Å²) in [5, 5.41) is 33.6. The molecule has 0 aliphatic heterocycles. The zero-order valence-electron chi connectivity index (χ0n) is 15.2. The summed E-state index contributed by atoms with van der Waals surface area (Å²) in [6, 6.07) is -3.67. The van der Waals surface area contributed by atoms with Crippen molar-refractivity contribution < 1.29 is 39.3 Å². The van der Waals surface area contributed by atoms with Crippen molar-refractivity contribution in [1.29, 1.82) is 0 Å². The van der Waals surface area contributed by atoms with Gasteiger partial charge in [-0.25, -0.2) is 14.4 Å². The van der Waals surface area contributed by atoms with Gasteiger partial charge in [0, 0.05) is 19.4 Å². The van der Waals surface area contributed by atoms with E-state index in [-0.39, 0.29) is 18.7 Å². The topological polar surface area (TPSA) is 182 Å². The van der Waals surface area contributed by atoms with Crippen LogP contribution in [0, 0.1) is 0 Å². The van der Waals surface area contributed by atoms with E-state index in [1.165, 1.54) is 0 Å². The van der Waals surface area contributed by atoms with Gasteiger partial charge in [-0.05, 0) is 32.1 Å². The number of aliphatic carboxylic acids is 3. The summed E-state index contributed by atoms with van der Waals surface area (Å²) in [5.74, 6) is -3.98. The van der Waals surface area contributed by atoms with Crippen LogP contribution in [0.4, 0.5) is 4.79 Å². The molecule has 27 heavy (non-hydrogen) atoms. The van der Waals surface area contributed by atoms with E-state index in [9.17, 15) is 24.0 Å². The third kappa shape index (κ3) is 12.2. The first-order chi connectivity index (χ1) is 12.7. The second-order valence-electron chi connectivity index (χ2n) is 5.93. The summed E-state index contributed by atoms with van der Waals surface area (Å²) in [6.07, 6.45) is 1.42. The van der Waals surface area contributed by atoms with Crippen molar-refractivity contribution in [1.82, 2.24) is 16.0 Å². The molecule has 0 aliphatic rings. The third-order valence-electron chi connectivity index (χ3n) is 3.57. The van der Waals surface area contributed by atoms with Gasteiger partial charge in [0.2, 0.25) is 5.91 Å². The number of amides is 3. The van der Waals surface area contributed by atoms with E-state index in [1.54, 1.807) is 0 Å². The highest BCUT2D eigenvalue weighted by molar-refractivity contribution is 5.86. The summed E-state index contributed by atoms with van der Waals surface area (Å²) in [6.45, 7) is 2.28. The molecule has 11 nitrogen and oxygen atoms in total. The Kier molecular flexibility index (Phi) is 12.0. The fourth-order valence-electron chi connectivity index (χ4n) is 2.16. The number of unbranched alkanes of at least 4 members (excludes halogenated alkanes) is 1. The van der Waals surface area contributed by atoms with Crippen LogP contribution in [0.1, 0.15) is 51.9 Å². The lowest BCUT2D eigenvalue weighted by Gasteiger charge is -2.18. The molecule has 0 fully saturated rings. The number of carboxylic acid groups (broad SMARTS) is 3. The molecule has 0 heterocycles. The molecule has 154 valence electrons. The van der Waals surface area contributed by atoms with Crippen molar-refractivity contribution in [3.05, 3.63) is 0 Å². The van der Waals surface area contributed by atoms with Crippen LogP contribution in [0.15, 0.2) is 0 Å². The number of carbonyl (C=O) groups is 5. The minimum absolute atomic E-state index is 0.0779. The lowest BCUT2D eigenvalue weighted by atomic mass is 10.1. The zero-order valence-corrected chi connectivity index (χ0v) is 15.2. The number of urea groups is 1. The van der Waals surface area contributed by atoms with Crippen molar-refractivity contribution >= 4 is 29.8 Å². The van der Waals surface area contributed by atoms with Gasteiger partial charge in [-0.15, -0.1) is 0 Å². The van der Waals surface area contributed by atoms with Gasteiger partial charge in [0.15, 0.2) is 0 Å². The highest BCUT2D eigenvalue weighted by atomic mass is 16.4. The highest BCUT2D eigenvalue weighted by Crippen LogP contribution is 2.03. The monoisotopic (exact) mass is 389 g/mol. The maximum absolute atomic E-state index is 11.8. The van der Waals surface area contributed by atoms with E-state index >= 15 is 0 Å². The predicted octanol–water partition coefficient (Wildman–Crippen LogP) is 0.143. The van der Waals surface area contributed by atoms with Gasteiger partial charge in [0.1, 0.15) is 12.1 Å². The summed E-state index contributed by atoms with van der Waals surface area (Å²) in [7, 11) is 0.